The summed E-state index contributed by atoms with van der Waals surface area (Å²) in [7, 11) is 0. The van der Waals surface area contributed by atoms with Crippen LogP contribution in [0.5, 0.6) is 0 Å². The number of alkyl halides is 1. The van der Waals surface area contributed by atoms with Crippen LogP contribution in [0.15, 0.2) is 48.9 Å². The third-order valence-electron chi connectivity index (χ3n) is 3.14. The van der Waals surface area contributed by atoms with Crippen LogP contribution in [0.25, 0.3) is 17.0 Å². The van der Waals surface area contributed by atoms with Gasteiger partial charge in [-0.1, -0.05) is 12.1 Å². The Bertz CT molecular complexity index is 693. The minimum absolute atomic E-state index is 0.222. The average Bonchev–Trinajstić information content (AvgIpc) is 2.97. The van der Waals surface area contributed by atoms with Crippen LogP contribution in [0.1, 0.15) is 0 Å². The maximum Gasteiger partial charge on any atom is 0.234 e. The number of halogens is 1. The van der Waals surface area contributed by atoms with Crippen molar-refractivity contribution < 1.29 is 5.11 Å². The number of nitrogens with zero attached hydrogens (tertiary/aromatic N) is 3. The van der Waals surface area contributed by atoms with E-state index in [4.69, 9.17) is 11.6 Å². The summed E-state index contributed by atoms with van der Waals surface area (Å²) in [5.41, 5.74) is 2.83. The molecule has 1 unspecified atom stereocenters. The molecule has 6 heteroatoms. The lowest BCUT2D eigenvalue weighted by Crippen LogP contribution is -2.20. The standard InChI is InChI=1S/C15H15ClN4O/c16-8-13(21)9-18-12-4-2-11(3-5-12)14-10-20-7-1-6-17-15(20)19-14/h1-7,10,13,18,21H,8-9H2. The Morgan fingerprint density at radius 1 is 1.29 bits per heavy atom. The van der Waals surface area contributed by atoms with Crippen LogP contribution in [0.2, 0.25) is 0 Å². The molecule has 0 aliphatic heterocycles. The summed E-state index contributed by atoms with van der Waals surface area (Å²) < 4.78 is 1.89. The number of aliphatic hydroxyl groups excluding tert-OH is 1. The predicted octanol–water partition coefficient (Wildman–Crippen LogP) is 2.41. The summed E-state index contributed by atoms with van der Waals surface area (Å²) in [6.45, 7) is 0.432. The molecule has 5 nitrogen and oxygen atoms in total. The molecule has 1 aromatic carbocycles. The molecule has 0 radical (unpaired) electrons. The lowest BCUT2D eigenvalue weighted by Gasteiger charge is -2.10. The molecule has 1 atom stereocenters. The third-order valence-corrected chi connectivity index (χ3v) is 3.49. The fourth-order valence-corrected chi connectivity index (χ4v) is 2.13. The molecule has 0 aliphatic rings. The van der Waals surface area contributed by atoms with Crippen molar-refractivity contribution in [2.45, 2.75) is 6.10 Å². The van der Waals surface area contributed by atoms with E-state index in [1.54, 1.807) is 6.20 Å². The van der Waals surface area contributed by atoms with E-state index in [9.17, 15) is 5.11 Å². The van der Waals surface area contributed by atoms with Crippen molar-refractivity contribution >= 4 is 23.1 Å². The Kier molecular flexibility index (Phi) is 4.03. The number of anilines is 1. The SMILES string of the molecule is OC(CCl)CNc1ccc(-c2cn3cccnc3n2)cc1. The monoisotopic (exact) mass is 302 g/mol. The molecule has 0 saturated heterocycles. The van der Waals surface area contributed by atoms with Crippen molar-refractivity contribution in [3.8, 4) is 11.3 Å². The predicted molar refractivity (Wildman–Crippen MR) is 83.6 cm³/mol. The van der Waals surface area contributed by atoms with Crippen LogP contribution < -0.4 is 5.32 Å². The molecule has 0 amide bonds. The molecular weight excluding hydrogens is 288 g/mol. The zero-order valence-corrected chi connectivity index (χ0v) is 12.0. The molecular formula is C15H15ClN4O. The van der Waals surface area contributed by atoms with Gasteiger partial charge in [-0.3, -0.25) is 4.40 Å². The lowest BCUT2D eigenvalue weighted by atomic mass is 10.1. The van der Waals surface area contributed by atoms with Crippen LogP contribution in [-0.2, 0) is 0 Å². The first-order valence-corrected chi connectivity index (χ1v) is 7.18. The number of benzene rings is 1. The fraction of sp³-hybridized carbons (Fsp3) is 0.200. The van der Waals surface area contributed by atoms with E-state index in [1.807, 2.05) is 47.1 Å². The van der Waals surface area contributed by atoms with Crippen LogP contribution in [0, 0.1) is 0 Å². The van der Waals surface area contributed by atoms with E-state index in [1.165, 1.54) is 0 Å². The van der Waals surface area contributed by atoms with Crippen molar-refractivity contribution in [3.63, 3.8) is 0 Å². The van der Waals surface area contributed by atoms with Crippen molar-refractivity contribution in [3.05, 3.63) is 48.9 Å². The van der Waals surface area contributed by atoms with E-state index in [2.05, 4.69) is 15.3 Å². The zero-order chi connectivity index (χ0) is 14.7. The van der Waals surface area contributed by atoms with Gasteiger partial charge in [-0.05, 0) is 18.2 Å². The topological polar surface area (TPSA) is 62.5 Å². The van der Waals surface area contributed by atoms with Gasteiger partial charge in [-0.25, -0.2) is 9.97 Å². The van der Waals surface area contributed by atoms with Gasteiger partial charge in [0.05, 0.1) is 17.7 Å². The highest BCUT2D eigenvalue weighted by Crippen LogP contribution is 2.20. The molecule has 2 N–H and O–H groups in total. The summed E-state index contributed by atoms with van der Waals surface area (Å²) >= 11 is 5.56. The number of aliphatic hydroxyl groups is 1. The summed E-state index contributed by atoms with van der Waals surface area (Å²) in [6.07, 6.45) is 5.04. The Labute approximate surface area is 127 Å². The number of hydrogen-bond donors (Lipinski definition) is 2. The maximum absolute atomic E-state index is 9.42. The zero-order valence-electron chi connectivity index (χ0n) is 11.3. The van der Waals surface area contributed by atoms with Gasteiger partial charge in [0.1, 0.15) is 0 Å². The van der Waals surface area contributed by atoms with Gasteiger partial charge in [0.25, 0.3) is 0 Å². The van der Waals surface area contributed by atoms with Crippen molar-refractivity contribution in [2.24, 2.45) is 0 Å². The first-order valence-electron chi connectivity index (χ1n) is 6.64. The molecule has 2 heterocycles. The van der Waals surface area contributed by atoms with Gasteiger partial charge < -0.3 is 10.4 Å². The molecule has 3 aromatic rings. The lowest BCUT2D eigenvalue weighted by molar-refractivity contribution is 0.211. The van der Waals surface area contributed by atoms with E-state index in [-0.39, 0.29) is 5.88 Å². The van der Waals surface area contributed by atoms with Crippen LogP contribution in [-0.4, -0.2) is 38.0 Å². The molecule has 2 aromatic heterocycles. The number of rotatable bonds is 5. The number of fused-ring (bicyclic) bond motifs is 1. The maximum atomic E-state index is 9.42. The molecule has 3 rings (SSSR count). The van der Waals surface area contributed by atoms with Gasteiger partial charge in [0.15, 0.2) is 0 Å². The van der Waals surface area contributed by atoms with Crippen LogP contribution in [0.4, 0.5) is 5.69 Å². The molecule has 0 aliphatic carbocycles. The second-order valence-electron chi connectivity index (χ2n) is 4.72. The molecule has 0 spiro atoms. The number of aromatic nitrogens is 3. The number of imidazole rings is 1. The van der Waals surface area contributed by atoms with Crippen molar-refractivity contribution in [1.82, 2.24) is 14.4 Å². The molecule has 0 bridgehead atoms. The number of nitrogens with one attached hydrogen (secondary N) is 1. The van der Waals surface area contributed by atoms with Gasteiger partial charge in [-0.2, -0.15) is 0 Å². The minimum Gasteiger partial charge on any atom is -0.390 e. The molecule has 21 heavy (non-hydrogen) atoms. The Hall–Kier alpha value is -2.11. The highest BCUT2D eigenvalue weighted by molar-refractivity contribution is 6.18. The Morgan fingerprint density at radius 2 is 2.10 bits per heavy atom. The smallest absolute Gasteiger partial charge is 0.234 e. The molecule has 0 saturated carbocycles. The summed E-state index contributed by atoms with van der Waals surface area (Å²) in [6, 6.07) is 9.74. The largest absolute Gasteiger partial charge is 0.390 e. The Morgan fingerprint density at radius 3 is 2.81 bits per heavy atom. The Balaban J connectivity index is 1.77. The van der Waals surface area contributed by atoms with E-state index in [0.29, 0.717) is 12.3 Å². The second-order valence-corrected chi connectivity index (χ2v) is 5.03. The van der Waals surface area contributed by atoms with Gasteiger partial charge >= 0.3 is 0 Å². The van der Waals surface area contributed by atoms with Crippen LogP contribution >= 0.6 is 11.6 Å². The normalized spacial score (nSPS) is 12.5. The van der Waals surface area contributed by atoms with E-state index in [0.717, 1.165) is 16.9 Å². The third kappa shape index (κ3) is 3.15. The minimum atomic E-state index is -0.546. The number of hydrogen-bond acceptors (Lipinski definition) is 4. The van der Waals surface area contributed by atoms with E-state index >= 15 is 0 Å². The first-order chi connectivity index (χ1) is 10.3. The second kappa shape index (κ2) is 6.11. The quantitative estimate of drug-likeness (QED) is 0.711. The summed E-state index contributed by atoms with van der Waals surface area (Å²) in [5, 5.41) is 12.5. The van der Waals surface area contributed by atoms with Crippen molar-refractivity contribution in [1.29, 1.82) is 0 Å². The summed E-state index contributed by atoms with van der Waals surface area (Å²) in [4.78, 5) is 8.68. The highest BCUT2D eigenvalue weighted by atomic mass is 35.5. The van der Waals surface area contributed by atoms with Gasteiger partial charge in [-0.15, -0.1) is 11.6 Å². The molecule has 0 fully saturated rings. The highest BCUT2D eigenvalue weighted by Gasteiger charge is 2.05. The molecule has 108 valence electrons. The van der Waals surface area contributed by atoms with Gasteiger partial charge in [0.2, 0.25) is 5.78 Å². The fourth-order valence-electron chi connectivity index (χ4n) is 2.02. The van der Waals surface area contributed by atoms with E-state index < -0.39 is 6.10 Å². The van der Waals surface area contributed by atoms with Crippen LogP contribution in [0.3, 0.4) is 0 Å². The van der Waals surface area contributed by atoms with Gasteiger partial charge in [0, 0.05) is 36.4 Å². The average molecular weight is 303 g/mol. The van der Waals surface area contributed by atoms with Crippen molar-refractivity contribution in [2.75, 3.05) is 17.7 Å². The first kappa shape index (κ1) is 13.9. The summed E-state index contributed by atoms with van der Waals surface area (Å²) in [5.74, 6) is 0.902.